The topological polar surface area (TPSA) is 84.1 Å². The van der Waals surface area contributed by atoms with Crippen molar-refractivity contribution in [3.05, 3.63) is 52.3 Å². The van der Waals surface area contributed by atoms with Gasteiger partial charge >= 0.3 is 5.69 Å². The van der Waals surface area contributed by atoms with E-state index in [9.17, 15) is 9.59 Å². The number of amides is 1. The fourth-order valence-corrected chi connectivity index (χ4v) is 3.38. The first-order chi connectivity index (χ1) is 11.6. The van der Waals surface area contributed by atoms with Crippen LogP contribution in [0.2, 0.25) is 0 Å². The second-order valence-corrected chi connectivity index (χ2v) is 6.17. The van der Waals surface area contributed by atoms with Gasteiger partial charge < -0.3 is 14.4 Å². The Labute approximate surface area is 137 Å². The van der Waals surface area contributed by atoms with E-state index < -0.39 is 0 Å². The molecule has 4 rings (SSSR count). The van der Waals surface area contributed by atoms with Gasteiger partial charge in [-0.2, -0.15) is 0 Å². The minimum Gasteiger partial charge on any atom is -0.351 e. The molecule has 1 aliphatic rings. The van der Waals surface area contributed by atoms with Gasteiger partial charge in [0.25, 0.3) is 5.91 Å². The van der Waals surface area contributed by atoms with Crippen molar-refractivity contribution in [3.8, 4) is 0 Å². The standard InChI is InChI=1S/C17H18N4O3/c1-11-10-15(24-19-11)16(22)20-8-6-12(7-9-20)21-14-5-3-2-4-13(14)18-17(21)23/h2-5,10,12H,6-9H2,1H3,(H,18,23). The predicted molar refractivity (Wildman–Crippen MR) is 88.0 cm³/mol. The molecule has 1 aromatic carbocycles. The van der Waals surface area contributed by atoms with Crippen LogP contribution in [0.25, 0.3) is 11.0 Å². The van der Waals surface area contributed by atoms with Crippen LogP contribution < -0.4 is 5.69 Å². The summed E-state index contributed by atoms with van der Waals surface area (Å²) in [6.45, 7) is 2.97. The molecule has 0 atom stereocenters. The number of aromatic amines is 1. The molecule has 1 saturated heterocycles. The van der Waals surface area contributed by atoms with Crippen LogP contribution in [0.3, 0.4) is 0 Å². The molecule has 1 aliphatic heterocycles. The Balaban J connectivity index is 1.52. The number of imidazole rings is 1. The number of rotatable bonds is 2. The maximum absolute atomic E-state index is 12.4. The van der Waals surface area contributed by atoms with Gasteiger partial charge in [0.05, 0.1) is 16.7 Å². The van der Waals surface area contributed by atoms with Crippen LogP contribution in [-0.2, 0) is 0 Å². The molecule has 7 nitrogen and oxygen atoms in total. The average Bonchev–Trinajstić information content (AvgIpc) is 3.17. The van der Waals surface area contributed by atoms with E-state index in [1.807, 2.05) is 28.8 Å². The summed E-state index contributed by atoms with van der Waals surface area (Å²) < 4.78 is 6.87. The summed E-state index contributed by atoms with van der Waals surface area (Å²) in [4.78, 5) is 29.3. The predicted octanol–water partition coefficient (Wildman–Crippen LogP) is 2.10. The molecule has 1 N–H and O–H groups in total. The molecule has 1 amide bonds. The zero-order valence-electron chi connectivity index (χ0n) is 13.4. The summed E-state index contributed by atoms with van der Waals surface area (Å²) in [5.41, 5.74) is 2.36. The zero-order chi connectivity index (χ0) is 16.7. The van der Waals surface area contributed by atoms with Crippen LogP contribution in [0, 0.1) is 6.92 Å². The van der Waals surface area contributed by atoms with E-state index in [2.05, 4.69) is 10.1 Å². The Hall–Kier alpha value is -2.83. The van der Waals surface area contributed by atoms with Gasteiger partial charge in [-0.15, -0.1) is 0 Å². The maximum Gasteiger partial charge on any atom is 0.326 e. The SMILES string of the molecule is Cc1cc(C(=O)N2CCC(n3c(=O)[nH]c4ccccc43)CC2)on1. The molecule has 7 heteroatoms. The molecule has 1 fully saturated rings. The van der Waals surface area contributed by atoms with Gasteiger partial charge in [0.15, 0.2) is 0 Å². The van der Waals surface area contributed by atoms with Gasteiger partial charge in [-0.1, -0.05) is 17.3 Å². The first kappa shape index (κ1) is 14.7. The summed E-state index contributed by atoms with van der Waals surface area (Å²) in [5, 5.41) is 3.76. The number of hydrogen-bond donors (Lipinski definition) is 1. The van der Waals surface area contributed by atoms with Crippen LogP contribution in [0.1, 0.15) is 35.1 Å². The fourth-order valence-electron chi connectivity index (χ4n) is 3.38. The van der Waals surface area contributed by atoms with Crippen molar-refractivity contribution in [1.29, 1.82) is 0 Å². The van der Waals surface area contributed by atoms with Gasteiger partial charge in [0.2, 0.25) is 5.76 Å². The van der Waals surface area contributed by atoms with Crippen molar-refractivity contribution in [3.63, 3.8) is 0 Å². The molecule has 0 unspecified atom stereocenters. The first-order valence-electron chi connectivity index (χ1n) is 8.05. The molecule has 0 saturated carbocycles. The van der Waals surface area contributed by atoms with E-state index in [0.29, 0.717) is 18.8 Å². The van der Waals surface area contributed by atoms with Crippen molar-refractivity contribution in [2.24, 2.45) is 0 Å². The Kier molecular flexibility index (Phi) is 3.48. The minimum atomic E-state index is -0.139. The number of para-hydroxylation sites is 2. The lowest BCUT2D eigenvalue weighted by Gasteiger charge is -2.31. The smallest absolute Gasteiger partial charge is 0.326 e. The van der Waals surface area contributed by atoms with Crippen molar-refractivity contribution >= 4 is 16.9 Å². The van der Waals surface area contributed by atoms with E-state index in [1.165, 1.54) is 0 Å². The lowest BCUT2D eigenvalue weighted by Crippen LogP contribution is -2.40. The number of piperidine rings is 1. The van der Waals surface area contributed by atoms with E-state index in [-0.39, 0.29) is 23.4 Å². The Bertz CT molecular complexity index is 944. The summed E-state index contributed by atoms with van der Waals surface area (Å²) in [6, 6.07) is 9.42. The number of nitrogens with one attached hydrogen (secondary N) is 1. The van der Waals surface area contributed by atoms with Gasteiger partial charge in [-0.25, -0.2) is 4.79 Å². The number of aryl methyl sites for hydroxylation is 1. The van der Waals surface area contributed by atoms with Crippen molar-refractivity contribution in [2.45, 2.75) is 25.8 Å². The van der Waals surface area contributed by atoms with Crippen LogP contribution in [0.15, 0.2) is 39.6 Å². The van der Waals surface area contributed by atoms with E-state index in [4.69, 9.17) is 4.52 Å². The van der Waals surface area contributed by atoms with E-state index >= 15 is 0 Å². The highest BCUT2D eigenvalue weighted by Crippen LogP contribution is 2.25. The summed E-state index contributed by atoms with van der Waals surface area (Å²) in [6.07, 6.45) is 1.47. The molecule has 2 aromatic heterocycles. The lowest BCUT2D eigenvalue weighted by molar-refractivity contribution is 0.0653. The maximum atomic E-state index is 12.4. The summed E-state index contributed by atoms with van der Waals surface area (Å²) in [5.74, 6) is 0.135. The van der Waals surface area contributed by atoms with Crippen LogP contribution in [0.5, 0.6) is 0 Å². The largest absolute Gasteiger partial charge is 0.351 e. The van der Waals surface area contributed by atoms with Crippen LogP contribution in [-0.4, -0.2) is 38.6 Å². The molecule has 0 spiro atoms. The fraction of sp³-hybridized carbons (Fsp3) is 0.353. The molecule has 3 aromatic rings. The van der Waals surface area contributed by atoms with Crippen LogP contribution >= 0.6 is 0 Å². The second kappa shape index (κ2) is 5.67. The third-order valence-corrected chi connectivity index (χ3v) is 4.58. The lowest BCUT2D eigenvalue weighted by atomic mass is 10.0. The van der Waals surface area contributed by atoms with Crippen molar-refractivity contribution in [1.82, 2.24) is 19.6 Å². The number of benzene rings is 1. The Morgan fingerprint density at radius 3 is 2.75 bits per heavy atom. The van der Waals surface area contributed by atoms with Gasteiger partial charge in [-0.3, -0.25) is 9.36 Å². The summed E-state index contributed by atoms with van der Waals surface area (Å²) in [7, 11) is 0. The molecule has 3 heterocycles. The van der Waals surface area contributed by atoms with Gasteiger partial charge in [-0.05, 0) is 31.9 Å². The number of fused-ring (bicyclic) bond motifs is 1. The van der Waals surface area contributed by atoms with Crippen molar-refractivity contribution < 1.29 is 9.32 Å². The molecule has 0 radical (unpaired) electrons. The number of aromatic nitrogens is 3. The number of carbonyl (C=O) groups excluding carboxylic acids is 1. The average molecular weight is 326 g/mol. The first-order valence-corrected chi connectivity index (χ1v) is 8.05. The molecule has 124 valence electrons. The molecular formula is C17H18N4O3. The highest BCUT2D eigenvalue weighted by atomic mass is 16.5. The Morgan fingerprint density at radius 2 is 2.04 bits per heavy atom. The van der Waals surface area contributed by atoms with E-state index in [0.717, 1.165) is 23.9 Å². The molecule has 0 bridgehead atoms. The minimum absolute atomic E-state index is 0.0909. The normalized spacial score (nSPS) is 16.0. The van der Waals surface area contributed by atoms with E-state index in [1.54, 1.807) is 17.9 Å². The number of hydrogen-bond acceptors (Lipinski definition) is 4. The number of H-pyrrole nitrogens is 1. The number of carbonyl (C=O) groups is 1. The quantitative estimate of drug-likeness (QED) is 0.781. The third kappa shape index (κ3) is 2.42. The summed E-state index contributed by atoms with van der Waals surface area (Å²) >= 11 is 0. The highest BCUT2D eigenvalue weighted by molar-refractivity contribution is 5.91. The van der Waals surface area contributed by atoms with Crippen molar-refractivity contribution in [2.75, 3.05) is 13.1 Å². The molecule has 24 heavy (non-hydrogen) atoms. The number of likely N-dealkylation sites (tertiary alicyclic amines) is 1. The zero-order valence-corrected chi connectivity index (χ0v) is 13.4. The third-order valence-electron chi connectivity index (χ3n) is 4.58. The van der Waals surface area contributed by atoms with Gasteiger partial charge in [0, 0.05) is 25.2 Å². The number of nitrogens with zero attached hydrogens (tertiary/aromatic N) is 3. The van der Waals surface area contributed by atoms with Crippen LogP contribution in [0.4, 0.5) is 0 Å². The second-order valence-electron chi connectivity index (χ2n) is 6.17. The van der Waals surface area contributed by atoms with Gasteiger partial charge in [0.1, 0.15) is 0 Å². The highest BCUT2D eigenvalue weighted by Gasteiger charge is 2.28. The molecule has 0 aliphatic carbocycles. The monoisotopic (exact) mass is 326 g/mol. The molecular weight excluding hydrogens is 308 g/mol. The Morgan fingerprint density at radius 1 is 1.29 bits per heavy atom.